The number of carbonyl (C=O) groups excluding carboxylic acids is 1. The second-order valence-electron chi connectivity index (χ2n) is 5.76. The third-order valence-corrected chi connectivity index (χ3v) is 5.31. The molecular weight excluding hydrogens is 374 g/mol. The Labute approximate surface area is 149 Å². The highest BCUT2D eigenvalue weighted by molar-refractivity contribution is 9.10. The average molecular weight is 394 g/mol. The summed E-state index contributed by atoms with van der Waals surface area (Å²) in [6.45, 7) is 3.76. The Balaban J connectivity index is 1.51. The molecule has 0 atom stereocenters. The highest BCUT2D eigenvalue weighted by Crippen LogP contribution is 2.16. The zero-order valence-electron chi connectivity index (χ0n) is 12.9. The van der Waals surface area contributed by atoms with E-state index >= 15 is 0 Å². The summed E-state index contributed by atoms with van der Waals surface area (Å²) >= 11 is 5.00. The molecule has 0 saturated carbocycles. The number of amides is 1. The van der Waals surface area contributed by atoms with Gasteiger partial charge in [-0.05, 0) is 44.1 Å². The standard InChI is InChI=1S/C17H20BrN3OS/c18-14-6-4-5-13(9-14)17(22)19-10-16-20-15(12-23-16)11-21-7-2-1-3-8-21/h4-6,9,12H,1-3,7-8,10-11H2,(H,19,22). The van der Waals surface area contributed by atoms with Gasteiger partial charge in [-0.2, -0.15) is 0 Å². The minimum atomic E-state index is -0.0703. The summed E-state index contributed by atoms with van der Waals surface area (Å²) < 4.78 is 0.906. The molecule has 6 heteroatoms. The van der Waals surface area contributed by atoms with E-state index < -0.39 is 0 Å². The summed E-state index contributed by atoms with van der Waals surface area (Å²) in [6.07, 6.45) is 3.93. The van der Waals surface area contributed by atoms with Crippen LogP contribution in [0.2, 0.25) is 0 Å². The lowest BCUT2D eigenvalue weighted by Crippen LogP contribution is -2.29. The molecule has 1 aliphatic heterocycles. The molecule has 0 bridgehead atoms. The molecular formula is C17H20BrN3OS. The maximum absolute atomic E-state index is 12.1. The molecule has 2 heterocycles. The first-order valence-electron chi connectivity index (χ1n) is 7.90. The molecule has 2 aromatic rings. The van der Waals surface area contributed by atoms with Crippen LogP contribution in [0.1, 0.15) is 40.3 Å². The van der Waals surface area contributed by atoms with Crippen molar-refractivity contribution >= 4 is 33.2 Å². The lowest BCUT2D eigenvalue weighted by Gasteiger charge is -2.25. The van der Waals surface area contributed by atoms with Crippen LogP contribution in [0.15, 0.2) is 34.1 Å². The molecule has 1 saturated heterocycles. The Kier molecular flexibility index (Phi) is 5.80. The van der Waals surface area contributed by atoms with Crippen LogP contribution >= 0.6 is 27.3 Å². The van der Waals surface area contributed by atoms with Gasteiger partial charge in [-0.3, -0.25) is 9.69 Å². The highest BCUT2D eigenvalue weighted by atomic mass is 79.9. The molecule has 122 valence electrons. The maximum Gasteiger partial charge on any atom is 0.251 e. The predicted molar refractivity (Wildman–Crippen MR) is 96.6 cm³/mol. The Morgan fingerprint density at radius 2 is 2.13 bits per heavy atom. The van der Waals surface area contributed by atoms with Gasteiger partial charge in [0.2, 0.25) is 0 Å². The first-order valence-corrected chi connectivity index (χ1v) is 9.57. The fourth-order valence-corrected chi connectivity index (χ4v) is 3.86. The molecule has 3 rings (SSSR count). The van der Waals surface area contributed by atoms with Crippen LogP contribution in [0.4, 0.5) is 0 Å². The maximum atomic E-state index is 12.1. The summed E-state index contributed by atoms with van der Waals surface area (Å²) in [6, 6.07) is 7.40. The van der Waals surface area contributed by atoms with Crippen molar-refractivity contribution in [3.63, 3.8) is 0 Å². The number of halogens is 1. The quantitative estimate of drug-likeness (QED) is 0.839. The van der Waals surface area contributed by atoms with E-state index in [1.54, 1.807) is 11.3 Å². The number of likely N-dealkylation sites (tertiary alicyclic amines) is 1. The number of benzene rings is 1. The number of hydrogen-bond donors (Lipinski definition) is 1. The molecule has 1 aromatic carbocycles. The van der Waals surface area contributed by atoms with Gasteiger partial charge in [0.25, 0.3) is 5.91 Å². The Bertz CT molecular complexity index is 667. The largest absolute Gasteiger partial charge is 0.346 e. The Morgan fingerprint density at radius 3 is 2.91 bits per heavy atom. The number of nitrogens with zero attached hydrogens (tertiary/aromatic N) is 2. The molecule has 0 spiro atoms. The molecule has 0 unspecified atom stereocenters. The summed E-state index contributed by atoms with van der Waals surface area (Å²) in [4.78, 5) is 19.2. The highest BCUT2D eigenvalue weighted by Gasteiger charge is 2.13. The number of thiazole rings is 1. The second-order valence-corrected chi connectivity index (χ2v) is 7.62. The second kappa shape index (κ2) is 8.04. The van der Waals surface area contributed by atoms with E-state index in [2.05, 4.69) is 36.5 Å². The van der Waals surface area contributed by atoms with Crippen molar-refractivity contribution in [1.82, 2.24) is 15.2 Å². The normalized spacial score (nSPS) is 15.5. The lowest BCUT2D eigenvalue weighted by atomic mass is 10.1. The first-order chi connectivity index (χ1) is 11.2. The fraction of sp³-hybridized carbons (Fsp3) is 0.412. The minimum Gasteiger partial charge on any atom is -0.346 e. The number of hydrogen-bond acceptors (Lipinski definition) is 4. The zero-order chi connectivity index (χ0) is 16.1. The van der Waals surface area contributed by atoms with Crippen LogP contribution in [0.25, 0.3) is 0 Å². The van der Waals surface area contributed by atoms with E-state index in [0.717, 1.165) is 21.7 Å². The molecule has 1 aliphatic rings. The smallest absolute Gasteiger partial charge is 0.251 e. The third-order valence-electron chi connectivity index (χ3n) is 3.92. The topological polar surface area (TPSA) is 45.2 Å². The van der Waals surface area contributed by atoms with Gasteiger partial charge in [0.1, 0.15) is 5.01 Å². The van der Waals surface area contributed by atoms with E-state index in [9.17, 15) is 4.79 Å². The SMILES string of the molecule is O=C(NCc1nc(CN2CCCCC2)cs1)c1cccc(Br)c1. The van der Waals surface area contributed by atoms with E-state index in [-0.39, 0.29) is 5.91 Å². The molecule has 0 radical (unpaired) electrons. The zero-order valence-corrected chi connectivity index (χ0v) is 15.3. The Hall–Kier alpha value is -1.24. The van der Waals surface area contributed by atoms with Crippen molar-refractivity contribution in [2.24, 2.45) is 0 Å². The van der Waals surface area contributed by atoms with Gasteiger partial charge in [0, 0.05) is 22.0 Å². The van der Waals surface area contributed by atoms with Crippen molar-refractivity contribution in [3.05, 3.63) is 50.4 Å². The molecule has 1 amide bonds. The third kappa shape index (κ3) is 4.86. The molecule has 1 N–H and O–H groups in total. The fourth-order valence-electron chi connectivity index (χ4n) is 2.74. The van der Waals surface area contributed by atoms with Crippen molar-refractivity contribution in [2.45, 2.75) is 32.4 Å². The average Bonchev–Trinajstić information content (AvgIpc) is 3.01. The molecule has 1 fully saturated rings. The minimum absolute atomic E-state index is 0.0703. The van der Waals surface area contributed by atoms with Gasteiger partial charge >= 0.3 is 0 Å². The number of carbonyl (C=O) groups is 1. The molecule has 0 aliphatic carbocycles. The van der Waals surface area contributed by atoms with Gasteiger partial charge < -0.3 is 5.32 Å². The molecule has 23 heavy (non-hydrogen) atoms. The van der Waals surface area contributed by atoms with Crippen LogP contribution in [0.5, 0.6) is 0 Å². The number of nitrogens with one attached hydrogen (secondary N) is 1. The van der Waals surface area contributed by atoms with Gasteiger partial charge in [0.05, 0.1) is 12.2 Å². The number of aromatic nitrogens is 1. The van der Waals surface area contributed by atoms with E-state index in [4.69, 9.17) is 0 Å². The summed E-state index contributed by atoms with van der Waals surface area (Å²) in [7, 11) is 0. The summed E-state index contributed by atoms with van der Waals surface area (Å²) in [5, 5.41) is 6.00. The van der Waals surface area contributed by atoms with E-state index in [1.807, 2.05) is 24.3 Å². The van der Waals surface area contributed by atoms with Gasteiger partial charge in [0.15, 0.2) is 0 Å². The monoisotopic (exact) mass is 393 g/mol. The molecule has 1 aromatic heterocycles. The van der Waals surface area contributed by atoms with Crippen LogP contribution in [-0.2, 0) is 13.1 Å². The van der Waals surface area contributed by atoms with E-state index in [1.165, 1.54) is 32.4 Å². The van der Waals surface area contributed by atoms with E-state index in [0.29, 0.717) is 12.1 Å². The lowest BCUT2D eigenvalue weighted by molar-refractivity contribution is 0.0950. The van der Waals surface area contributed by atoms with Crippen LogP contribution in [-0.4, -0.2) is 28.9 Å². The first kappa shape index (κ1) is 16.6. The van der Waals surface area contributed by atoms with Gasteiger partial charge in [-0.1, -0.05) is 28.4 Å². The Morgan fingerprint density at radius 1 is 1.30 bits per heavy atom. The van der Waals surface area contributed by atoms with Crippen molar-refractivity contribution in [2.75, 3.05) is 13.1 Å². The summed E-state index contributed by atoms with van der Waals surface area (Å²) in [5.74, 6) is -0.0703. The number of piperidine rings is 1. The van der Waals surface area contributed by atoms with Crippen LogP contribution in [0.3, 0.4) is 0 Å². The van der Waals surface area contributed by atoms with Gasteiger partial charge in [-0.15, -0.1) is 11.3 Å². The van der Waals surface area contributed by atoms with Crippen molar-refractivity contribution in [3.8, 4) is 0 Å². The number of rotatable bonds is 5. The predicted octanol–water partition coefficient (Wildman–Crippen LogP) is 3.82. The van der Waals surface area contributed by atoms with Crippen molar-refractivity contribution in [1.29, 1.82) is 0 Å². The van der Waals surface area contributed by atoms with Crippen LogP contribution in [0, 0.1) is 0 Å². The van der Waals surface area contributed by atoms with Gasteiger partial charge in [-0.25, -0.2) is 4.98 Å². The molecule has 4 nitrogen and oxygen atoms in total. The van der Waals surface area contributed by atoms with Crippen LogP contribution < -0.4 is 5.32 Å². The van der Waals surface area contributed by atoms with Crippen molar-refractivity contribution < 1.29 is 4.79 Å². The summed E-state index contributed by atoms with van der Waals surface area (Å²) in [5.41, 5.74) is 1.77.